The first-order chi connectivity index (χ1) is 7.59. The average molecular weight is 241 g/mol. The molecule has 1 N–H and O–H groups in total. The Hall–Kier alpha value is -1.88. The van der Waals surface area contributed by atoms with E-state index in [4.69, 9.17) is 16.7 Å². The molecule has 0 saturated heterocycles. The van der Waals surface area contributed by atoms with Gasteiger partial charge in [0, 0.05) is 6.20 Å². The van der Waals surface area contributed by atoms with E-state index in [-0.39, 0.29) is 10.6 Å². The Morgan fingerprint density at radius 1 is 1.50 bits per heavy atom. The van der Waals surface area contributed by atoms with Crippen molar-refractivity contribution in [1.29, 1.82) is 0 Å². The monoisotopic (exact) mass is 240 g/mol. The fraction of sp³-hybridized carbons (Fsp3) is 0. The Labute approximate surface area is 94.9 Å². The predicted molar refractivity (Wildman–Crippen MR) is 55.5 cm³/mol. The number of carbonyl (C=O) groups is 1. The highest BCUT2D eigenvalue weighted by atomic mass is 35.5. The Kier molecular flexibility index (Phi) is 2.62. The molecule has 4 nitrogen and oxygen atoms in total. The molecule has 0 spiro atoms. The molecule has 1 heterocycles. The number of hydrogen-bond donors (Lipinski definition) is 1. The van der Waals surface area contributed by atoms with Crippen molar-refractivity contribution in [2.75, 3.05) is 0 Å². The highest BCUT2D eigenvalue weighted by molar-refractivity contribution is 6.32. The summed E-state index contributed by atoms with van der Waals surface area (Å²) in [7, 11) is 0. The third kappa shape index (κ3) is 1.77. The van der Waals surface area contributed by atoms with Crippen molar-refractivity contribution in [2.45, 2.75) is 0 Å². The van der Waals surface area contributed by atoms with Crippen LogP contribution >= 0.6 is 11.6 Å². The SMILES string of the molecule is O=C(O)c1cnn(-c2cccc(F)c2Cl)c1. The van der Waals surface area contributed by atoms with Crippen LogP contribution in [0.4, 0.5) is 4.39 Å². The molecule has 2 rings (SSSR count). The van der Waals surface area contributed by atoms with Gasteiger partial charge in [0.2, 0.25) is 0 Å². The van der Waals surface area contributed by atoms with Gasteiger partial charge in [-0.05, 0) is 12.1 Å². The summed E-state index contributed by atoms with van der Waals surface area (Å²) in [6.45, 7) is 0. The summed E-state index contributed by atoms with van der Waals surface area (Å²) in [6, 6.07) is 4.23. The van der Waals surface area contributed by atoms with Gasteiger partial charge >= 0.3 is 5.97 Å². The molecule has 1 aromatic heterocycles. The van der Waals surface area contributed by atoms with Gasteiger partial charge in [0.15, 0.2) is 0 Å². The number of rotatable bonds is 2. The maximum Gasteiger partial charge on any atom is 0.338 e. The number of carboxylic acid groups (broad SMARTS) is 1. The van der Waals surface area contributed by atoms with Gasteiger partial charge in [0.25, 0.3) is 0 Å². The zero-order valence-corrected chi connectivity index (χ0v) is 8.65. The van der Waals surface area contributed by atoms with Gasteiger partial charge in [-0.25, -0.2) is 13.9 Å². The lowest BCUT2D eigenvalue weighted by Crippen LogP contribution is -1.97. The van der Waals surface area contributed by atoms with Crippen LogP contribution in [0.1, 0.15) is 10.4 Å². The second-order valence-electron chi connectivity index (χ2n) is 3.05. The molecule has 2 aromatic rings. The van der Waals surface area contributed by atoms with Crippen molar-refractivity contribution in [1.82, 2.24) is 9.78 Å². The molecule has 1 aromatic carbocycles. The van der Waals surface area contributed by atoms with E-state index in [0.717, 1.165) is 0 Å². The van der Waals surface area contributed by atoms with Crippen LogP contribution in [0.5, 0.6) is 0 Å². The molecule has 0 aliphatic heterocycles. The third-order valence-corrected chi connectivity index (χ3v) is 2.38. The van der Waals surface area contributed by atoms with E-state index in [9.17, 15) is 9.18 Å². The summed E-state index contributed by atoms with van der Waals surface area (Å²) in [6.07, 6.45) is 2.44. The van der Waals surface area contributed by atoms with Gasteiger partial charge in [-0.15, -0.1) is 0 Å². The number of benzene rings is 1. The number of nitrogens with zero attached hydrogens (tertiary/aromatic N) is 2. The lowest BCUT2D eigenvalue weighted by molar-refractivity contribution is 0.0697. The van der Waals surface area contributed by atoms with Crippen LogP contribution in [0, 0.1) is 5.82 Å². The van der Waals surface area contributed by atoms with Gasteiger partial charge in [0.1, 0.15) is 10.8 Å². The quantitative estimate of drug-likeness (QED) is 0.877. The van der Waals surface area contributed by atoms with Gasteiger partial charge in [-0.2, -0.15) is 5.10 Å². The average Bonchev–Trinajstić information content (AvgIpc) is 2.71. The highest BCUT2D eigenvalue weighted by Gasteiger charge is 2.11. The van der Waals surface area contributed by atoms with Gasteiger partial charge in [0.05, 0.1) is 17.4 Å². The van der Waals surface area contributed by atoms with Crippen LogP contribution in [0.3, 0.4) is 0 Å². The molecular formula is C10H6ClFN2O2. The molecule has 0 amide bonds. The molecule has 0 aliphatic carbocycles. The molecule has 0 radical (unpaired) electrons. The largest absolute Gasteiger partial charge is 0.478 e. The normalized spacial score (nSPS) is 10.4. The Morgan fingerprint density at radius 3 is 2.88 bits per heavy atom. The maximum absolute atomic E-state index is 13.1. The maximum atomic E-state index is 13.1. The molecule has 16 heavy (non-hydrogen) atoms. The number of hydrogen-bond acceptors (Lipinski definition) is 2. The lowest BCUT2D eigenvalue weighted by atomic mass is 10.3. The second kappa shape index (κ2) is 3.94. The minimum Gasteiger partial charge on any atom is -0.478 e. The molecule has 0 bridgehead atoms. The van der Waals surface area contributed by atoms with Gasteiger partial charge < -0.3 is 5.11 Å². The van der Waals surface area contributed by atoms with Gasteiger partial charge in [-0.3, -0.25) is 0 Å². The topological polar surface area (TPSA) is 55.1 Å². The van der Waals surface area contributed by atoms with Crippen LogP contribution in [-0.2, 0) is 0 Å². The summed E-state index contributed by atoms with van der Waals surface area (Å²) in [4.78, 5) is 10.6. The summed E-state index contributed by atoms with van der Waals surface area (Å²) < 4.78 is 14.4. The number of aromatic carboxylic acids is 1. The molecule has 6 heteroatoms. The summed E-state index contributed by atoms with van der Waals surface area (Å²) in [5, 5.41) is 12.4. The fourth-order valence-corrected chi connectivity index (χ4v) is 1.45. The number of halogens is 2. The van der Waals surface area contributed by atoms with Crippen LogP contribution in [0.15, 0.2) is 30.6 Å². The smallest absolute Gasteiger partial charge is 0.338 e. The molecule has 0 aliphatic rings. The Bertz CT molecular complexity index is 554. The van der Waals surface area contributed by atoms with Crippen LogP contribution in [0.2, 0.25) is 5.02 Å². The first-order valence-corrected chi connectivity index (χ1v) is 4.70. The third-order valence-electron chi connectivity index (χ3n) is 2.01. The van der Waals surface area contributed by atoms with Crippen molar-refractivity contribution in [2.24, 2.45) is 0 Å². The standard InChI is InChI=1S/C10H6ClFN2O2/c11-9-7(12)2-1-3-8(9)14-5-6(4-13-14)10(15)16/h1-5H,(H,15,16). The summed E-state index contributed by atoms with van der Waals surface area (Å²) in [5.74, 6) is -1.68. The molecule has 82 valence electrons. The summed E-state index contributed by atoms with van der Waals surface area (Å²) in [5.41, 5.74) is 0.314. The molecular weight excluding hydrogens is 235 g/mol. The van der Waals surface area contributed by atoms with Crippen molar-refractivity contribution in [3.8, 4) is 5.69 Å². The van der Waals surface area contributed by atoms with E-state index >= 15 is 0 Å². The highest BCUT2D eigenvalue weighted by Crippen LogP contribution is 2.22. The van der Waals surface area contributed by atoms with Gasteiger partial charge in [-0.1, -0.05) is 17.7 Å². The number of carboxylic acids is 1. The van der Waals surface area contributed by atoms with E-state index in [1.807, 2.05) is 0 Å². The van der Waals surface area contributed by atoms with Crippen LogP contribution in [0.25, 0.3) is 5.69 Å². The summed E-state index contributed by atoms with van der Waals surface area (Å²) >= 11 is 5.73. The Balaban J connectivity index is 2.50. The second-order valence-corrected chi connectivity index (χ2v) is 3.43. The number of aromatic nitrogens is 2. The predicted octanol–water partition coefficient (Wildman–Crippen LogP) is 2.36. The van der Waals surface area contributed by atoms with E-state index in [1.165, 1.54) is 29.2 Å². The first kappa shape index (κ1) is 10.6. The van der Waals surface area contributed by atoms with Crippen LogP contribution in [-0.4, -0.2) is 20.9 Å². The Morgan fingerprint density at radius 2 is 2.25 bits per heavy atom. The minimum atomic E-state index is -1.10. The zero-order chi connectivity index (χ0) is 11.7. The van der Waals surface area contributed by atoms with Crippen molar-refractivity contribution in [3.05, 3.63) is 47.0 Å². The van der Waals surface area contributed by atoms with E-state index in [2.05, 4.69) is 5.10 Å². The van der Waals surface area contributed by atoms with Crippen molar-refractivity contribution < 1.29 is 14.3 Å². The van der Waals surface area contributed by atoms with E-state index in [0.29, 0.717) is 5.69 Å². The lowest BCUT2D eigenvalue weighted by Gasteiger charge is -2.03. The molecule has 0 saturated carbocycles. The zero-order valence-electron chi connectivity index (χ0n) is 7.89. The van der Waals surface area contributed by atoms with E-state index in [1.54, 1.807) is 6.07 Å². The fourth-order valence-electron chi connectivity index (χ4n) is 1.23. The first-order valence-electron chi connectivity index (χ1n) is 4.32. The molecule has 0 atom stereocenters. The van der Waals surface area contributed by atoms with Crippen molar-refractivity contribution >= 4 is 17.6 Å². The minimum absolute atomic E-state index is 0.0142. The van der Waals surface area contributed by atoms with Crippen LogP contribution < -0.4 is 0 Å². The van der Waals surface area contributed by atoms with E-state index < -0.39 is 11.8 Å². The molecule has 0 unspecified atom stereocenters. The molecule has 0 fully saturated rings. The van der Waals surface area contributed by atoms with Crippen molar-refractivity contribution in [3.63, 3.8) is 0 Å².